The number of phenolic OH excluding ortho intramolecular Hbond substituents is 4. The van der Waals surface area contributed by atoms with Crippen LogP contribution in [0, 0.1) is 18.3 Å². The Balaban J connectivity index is 2.18. The van der Waals surface area contributed by atoms with E-state index in [1.54, 1.807) is 13.0 Å². The Bertz CT molecular complexity index is 905. The largest absolute Gasteiger partial charge is 0.508 e. The Labute approximate surface area is 163 Å². The molecule has 0 atom stereocenters. The summed E-state index contributed by atoms with van der Waals surface area (Å²) in [5.74, 6) is -1.50. The van der Waals surface area contributed by atoms with E-state index in [4.69, 9.17) is 12.2 Å². The number of phenols is 4. The predicted octanol–water partition coefficient (Wildman–Crippen LogP) is 3.60. The van der Waals surface area contributed by atoms with Gasteiger partial charge in [0.1, 0.15) is 16.8 Å². The van der Waals surface area contributed by atoms with Gasteiger partial charge < -0.3 is 25.7 Å². The molecule has 2 rings (SSSR count). The van der Waals surface area contributed by atoms with Gasteiger partial charge in [-0.05, 0) is 48.4 Å². The molecule has 0 amide bonds. The first-order valence-electron chi connectivity index (χ1n) is 7.35. The van der Waals surface area contributed by atoms with Crippen molar-refractivity contribution < 1.29 is 20.4 Å². The van der Waals surface area contributed by atoms with Crippen LogP contribution in [0.5, 0.6) is 23.0 Å². The molecule has 6 nitrogen and oxygen atoms in total. The van der Waals surface area contributed by atoms with Crippen molar-refractivity contribution in [2.75, 3.05) is 0 Å². The number of halogens is 1. The molecular weight excluding hydrogens is 420 g/mol. The van der Waals surface area contributed by atoms with Crippen molar-refractivity contribution >= 4 is 39.2 Å². The number of rotatable bonds is 4. The monoisotopic (exact) mass is 434 g/mol. The molecule has 0 unspecified atom stereocenters. The number of aromatic hydroxyl groups is 4. The van der Waals surface area contributed by atoms with Gasteiger partial charge in [0.15, 0.2) is 17.2 Å². The lowest BCUT2D eigenvalue weighted by Gasteiger charge is -2.10. The van der Waals surface area contributed by atoms with E-state index >= 15 is 0 Å². The molecule has 0 heterocycles. The third kappa shape index (κ3) is 4.45. The Morgan fingerprint density at radius 3 is 2.31 bits per heavy atom. The van der Waals surface area contributed by atoms with Crippen molar-refractivity contribution in [2.45, 2.75) is 13.5 Å². The minimum absolute atomic E-state index is 0.111. The summed E-state index contributed by atoms with van der Waals surface area (Å²) in [6.07, 6.45) is 1.37. The topological polar surface area (TPSA) is 117 Å². The molecule has 0 aliphatic rings. The van der Waals surface area contributed by atoms with E-state index in [9.17, 15) is 25.7 Å². The van der Waals surface area contributed by atoms with Crippen molar-refractivity contribution in [3.63, 3.8) is 0 Å². The van der Waals surface area contributed by atoms with Gasteiger partial charge in [0.2, 0.25) is 0 Å². The van der Waals surface area contributed by atoms with E-state index < -0.39 is 17.2 Å². The van der Waals surface area contributed by atoms with Crippen molar-refractivity contribution in [3.8, 4) is 29.1 Å². The van der Waals surface area contributed by atoms with E-state index in [1.807, 2.05) is 12.1 Å². The first-order chi connectivity index (χ1) is 12.2. The molecule has 2 aromatic carbocycles. The zero-order valence-electron chi connectivity index (χ0n) is 13.6. The maximum Gasteiger partial charge on any atom is 0.200 e. The number of benzene rings is 2. The molecule has 0 saturated heterocycles. The van der Waals surface area contributed by atoms with Crippen LogP contribution in [0.1, 0.15) is 16.7 Å². The van der Waals surface area contributed by atoms with Gasteiger partial charge in [-0.25, -0.2) is 0 Å². The lowest BCUT2D eigenvalue weighted by molar-refractivity contribution is 0.368. The van der Waals surface area contributed by atoms with E-state index in [1.165, 1.54) is 18.2 Å². The fourth-order valence-corrected chi connectivity index (χ4v) is 2.80. The minimum atomic E-state index is -0.633. The summed E-state index contributed by atoms with van der Waals surface area (Å²) >= 11 is 8.56. The van der Waals surface area contributed by atoms with Crippen LogP contribution in [-0.4, -0.2) is 25.4 Å². The Kier molecular flexibility index (Phi) is 6.08. The fourth-order valence-electron chi connectivity index (χ4n) is 2.12. The predicted molar refractivity (Wildman–Crippen MR) is 105 cm³/mol. The molecule has 0 aromatic heterocycles. The Morgan fingerprint density at radius 1 is 1.15 bits per heavy atom. The highest BCUT2D eigenvalue weighted by atomic mass is 79.9. The van der Waals surface area contributed by atoms with Gasteiger partial charge in [0, 0.05) is 16.6 Å². The Morgan fingerprint density at radius 2 is 1.77 bits per heavy atom. The van der Waals surface area contributed by atoms with Crippen molar-refractivity contribution in [3.05, 3.63) is 51.0 Å². The molecule has 8 heteroatoms. The summed E-state index contributed by atoms with van der Waals surface area (Å²) in [5.41, 5.74) is 1.90. The lowest BCUT2D eigenvalue weighted by Crippen LogP contribution is -2.22. The van der Waals surface area contributed by atoms with Crippen molar-refractivity contribution in [1.82, 2.24) is 5.32 Å². The van der Waals surface area contributed by atoms with Crippen LogP contribution in [0.4, 0.5) is 0 Å². The van der Waals surface area contributed by atoms with Gasteiger partial charge in [-0.2, -0.15) is 5.26 Å². The van der Waals surface area contributed by atoms with Crippen LogP contribution in [0.3, 0.4) is 0 Å². The number of nitrogens with zero attached hydrogens (tertiary/aromatic N) is 1. The number of nitrogens with one attached hydrogen (secondary N) is 1. The highest BCUT2D eigenvalue weighted by molar-refractivity contribution is 9.10. The summed E-state index contributed by atoms with van der Waals surface area (Å²) in [5, 5.41) is 50.5. The fraction of sp³-hybridized carbons (Fsp3) is 0.111. The molecule has 134 valence electrons. The van der Waals surface area contributed by atoms with E-state index in [0.717, 1.165) is 15.6 Å². The zero-order valence-corrected chi connectivity index (χ0v) is 16.0. The molecular formula is C18H15BrN2O4S. The highest BCUT2D eigenvalue weighted by Gasteiger charge is 2.10. The molecule has 0 bridgehead atoms. The van der Waals surface area contributed by atoms with Gasteiger partial charge in [-0.1, -0.05) is 28.1 Å². The van der Waals surface area contributed by atoms with Gasteiger partial charge in [0.25, 0.3) is 0 Å². The normalized spacial score (nSPS) is 11.0. The summed E-state index contributed by atoms with van der Waals surface area (Å²) in [6, 6.07) is 7.77. The number of nitriles is 1. The van der Waals surface area contributed by atoms with Gasteiger partial charge in [-0.15, -0.1) is 0 Å². The number of hydrogen-bond acceptors (Lipinski definition) is 6. The summed E-state index contributed by atoms with van der Waals surface area (Å²) < 4.78 is 0.756. The van der Waals surface area contributed by atoms with Gasteiger partial charge in [0.05, 0.1) is 5.57 Å². The van der Waals surface area contributed by atoms with Crippen LogP contribution in [-0.2, 0) is 6.54 Å². The molecule has 5 N–H and O–H groups in total. The molecule has 2 aromatic rings. The van der Waals surface area contributed by atoms with Crippen LogP contribution in [0.25, 0.3) is 6.08 Å². The Hall–Kier alpha value is -2.76. The van der Waals surface area contributed by atoms with Crippen LogP contribution in [0.15, 0.2) is 34.3 Å². The van der Waals surface area contributed by atoms with Crippen molar-refractivity contribution in [2.24, 2.45) is 0 Å². The average Bonchev–Trinajstić information content (AvgIpc) is 2.59. The first kappa shape index (κ1) is 19.6. The molecule has 0 aliphatic carbocycles. The summed E-state index contributed by atoms with van der Waals surface area (Å²) in [7, 11) is 0. The maximum atomic E-state index is 9.85. The second-order valence-corrected chi connectivity index (χ2v) is 6.74. The quantitative estimate of drug-likeness (QED) is 0.216. The number of thiocarbonyl (C=S) groups is 1. The smallest absolute Gasteiger partial charge is 0.200 e. The molecule has 0 saturated carbocycles. The average molecular weight is 435 g/mol. The van der Waals surface area contributed by atoms with E-state index in [-0.39, 0.29) is 22.9 Å². The van der Waals surface area contributed by atoms with Crippen LogP contribution >= 0.6 is 28.1 Å². The van der Waals surface area contributed by atoms with E-state index in [2.05, 4.69) is 21.2 Å². The highest BCUT2D eigenvalue weighted by Crippen LogP contribution is 2.36. The zero-order chi connectivity index (χ0) is 19.4. The molecule has 0 fully saturated rings. The third-order valence-electron chi connectivity index (χ3n) is 3.60. The minimum Gasteiger partial charge on any atom is -0.508 e. The van der Waals surface area contributed by atoms with E-state index in [0.29, 0.717) is 5.56 Å². The third-order valence-corrected chi connectivity index (χ3v) is 4.79. The first-order valence-corrected chi connectivity index (χ1v) is 8.56. The molecule has 0 radical (unpaired) electrons. The standard InChI is InChI=1S/C18H15BrN2O4S/c1-9-13(19)3-11(6-14(9)22)8-21-18(26)12(7-20)2-10-4-15(23)17(25)16(24)5-10/h2-6,22-25H,8H2,1H3,(H,21,26)/b12-2+. The summed E-state index contributed by atoms with van der Waals surface area (Å²) in [6.45, 7) is 2.07. The number of hydrogen-bond donors (Lipinski definition) is 5. The maximum absolute atomic E-state index is 9.85. The van der Waals surface area contributed by atoms with Crippen molar-refractivity contribution in [1.29, 1.82) is 5.26 Å². The van der Waals surface area contributed by atoms with Crippen LogP contribution < -0.4 is 5.32 Å². The molecule has 0 aliphatic heterocycles. The second-order valence-electron chi connectivity index (χ2n) is 5.48. The summed E-state index contributed by atoms with van der Waals surface area (Å²) in [4.78, 5) is 0.163. The second kappa shape index (κ2) is 8.08. The molecule has 0 spiro atoms. The lowest BCUT2D eigenvalue weighted by atomic mass is 10.1. The van der Waals surface area contributed by atoms with Gasteiger partial charge in [-0.3, -0.25) is 0 Å². The van der Waals surface area contributed by atoms with Gasteiger partial charge >= 0.3 is 0 Å². The molecule has 26 heavy (non-hydrogen) atoms. The SMILES string of the molecule is Cc1c(O)cc(CNC(=S)/C(C#N)=C/c2cc(O)c(O)c(O)c2)cc1Br. The van der Waals surface area contributed by atoms with Crippen LogP contribution in [0.2, 0.25) is 0 Å².